The van der Waals surface area contributed by atoms with Gasteiger partial charge in [0, 0.05) is 89.4 Å². The fourth-order valence-corrected chi connectivity index (χ4v) is 7.50. The molecule has 1 spiro atoms. The summed E-state index contributed by atoms with van der Waals surface area (Å²) in [5.41, 5.74) is -0.223. The molecule has 4 heterocycles. The summed E-state index contributed by atoms with van der Waals surface area (Å²) in [6.07, 6.45) is 6.01. The number of carbonyl (C=O) groups is 4. The number of rotatable bonds is 15. The lowest BCUT2D eigenvalue weighted by Crippen LogP contribution is -2.62. The predicted octanol–water partition coefficient (Wildman–Crippen LogP) is 3.78. The first-order chi connectivity index (χ1) is 25.6. The lowest BCUT2D eigenvalue weighted by Gasteiger charge is -2.53. The van der Waals surface area contributed by atoms with Crippen molar-refractivity contribution in [1.29, 1.82) is 0 Å². The van der Waals surface area contributed by atoms with Crippen molar-refractivity contribution >= 4 is 29.6 Å². The van der Waals surface area contributed by atoms with Gasteiger partial charge in [-0.1, -0.05) is 13.8 Å². The minimum Gasteiger partial charge on any atom is -0.430 e. The molecule has 1 aromatic heterocycles. The molecular weight excluding hydrogens is 699 g/mol. The molecule has 0 saturated carbocycles. The van der Waals surface area contributed by atoms with E-state index in [2.05, 4.69) is 50.8 Å². The van der Waals surface area contributed by atoms with Crippen LogP contribution in [0, 0.1) is 17.2 Å². The Labute approximate surface area is 316 Å². The minimum atomic E-state index is -1.09. The number of anilines is 1. The van der Waals surface area contributed by atoms with Crippen LogP contribution in [-0.2, 0) is 14.4 Å². The molecule has 54 heavy (non-hydrogen) atoms. The number of fused-ring (bicyclic) bond motifs is 1. The van der Waals surface area contributed by atoms with Crippen molar-refractivity contribution in [3.63, 3.8) is 0 Å². The number of likely N-dealkylation sites (N-methyl/N-ethyl adjacent to an activating group) is 2. The molecule has 5 rings (SSSR count). The Morgan fingerprint density at radius 3 is 2.33 bits per heavy atom. The Balaban J connectivity index is 1.33. The summed E-state index contributed by atoms with van der Waals surface area (Å²) in [5.74, 6) is -4.46. The van der Waals surface area contributed by atoms with Crippen LogP contribution in [0.5, 0.6) is 23.1 Å². The number of likely N-dealkylation sites (tertiary alicyclic amines) is 1. The lowest BCUT2D eigenvalue weighted by molar-refractivity contribution is -0.133. The van der Waals surface area contributed by atoms with E-state index < -0.39 is 35.2 Å². The highest BCUT2D eigenvalue weighted by Crippen LogP contribution is 2.48. The Hall–Kier alpha value is -4.70. The third kappa shape index (κ3) is 9.14. The predicted molar refractivity (Wildman–Crippen MR) is 198 cm³/mol. The molecule has 3 aliphatic heterocycles. The lowest BCUT2D eigenvalue weighted by atomic mass is 9.76. The van der Waals surface area contributed by atoms with E-state index in [9.17, 15) is 19.2 Å². The van der Waals surface area contributed by atoms with Crippen LogP contribution in [0.2, 0.25) is 0 Å². The summed E-state index contributed by atoms with van der Waals surface area (Å²) in [5, 5.41) is 8.15. The quantitative estimate of drug-likeness (QED) is 0.192. The van der Waals surface area contributed by atoms with Gasteiger partial charge in [-0.25, -0.2) is 19.0 Å². The number of hydrogen-bond acceptors (Lipinski definition) is 13. The molecule has 1 aromatic carbocycles. The van der Waals surface area contributed by atoms with E-state index in [1.807, 2.05) is 20.9 Å². The summed E-state index contributed by atoms with van der Waals surface area (Å²) < 4.78 is 32.5. The first kappa shape index (κ1) is 40.5. The smallest absolute Gasteiger partial charge is 0.336 e. The Bertz CT molecular complexity index is 1750. The molecule has 0 aliphatic carbocycles. The van der Waals surface area contributed by atoms with Gasteiger partial charge in [0.15, 0.2) is 17.4 Å². The Kier molecular flexibility index (Phi) is 12.9. The van der Waals surface area contributed by atoms with Crippen molar-refractivity contribution in [2.24, 2.45) is 11.3 Å². The van der Waals surface area contributed by atoms with E-state index in [1.165, 1.54) is 11.2 Å². The van der Waals surface area contributed by atoms with Crippen LogP contribution in [0.1, 0.15) is 71.2 Å². The molecule has 2 saturated heterocycles. The van der Waals surface area contributed by atoms with E-state index in [0.29, 0.717) is 44.0 Å². The van der Waals surface area contributed by atoms with Crippen molar-refractivity contribution in [2.45, 2.75) is 72.9 Å². The zero-order valence-electron chi connectivity index (χ0n) is 32.6. The van der Waals surface area contributed by atoms with Gasteiger partial charge < -0.3 is 33.8 Å². The number of aromatic nitrogens is 3. The van der Waals surface area contributed by atoms with Crippen LogP contribution in [0.4, 0.5) is 10.2 Å². The highest BCUT2D eigenvalue weighted by atomic mass is 19.1. The summed E-state index contributed by atoms with van der Waals surface area (Å²) in [6.45, 7) is 17.5. The molecule has 15 nitrogen and oxygen atoms in total. The van der Waals surface area contributed by atoms with Crippen LogP contribution in [0.3, 0.4) is 0 Å². The summed E-state index contributed by atoms with van der Waals surface area (Å²) >= 11 is 0. The molecule has 16 heteroatoms. The standard InChI is InChI=1S/C38H53FN8O7/c1-9-47(25(4)5)37(51)27-19-28(39)33-34(53-31(50)13-12-30(49)52-33)32(27)54-36-35(40-23-41-42-36)45-16-14-38(20-45)21-46(22-38)29(24(2)3)11-10-15-43(7)17-18-44(8)26(6)48/h12-13,19,23-25,29H,9-11,14-18,20-22H2,1-8H3/b13-12+/t29-/m1/s1. The third-order valence-electron chi connectivity index (χ3n) is 10.6. The first-order valence-electron chi connectivity index (χ1n) is 18.7. The molecule has 2 amide bonds. The van der Waals surface area contributed by atoms with Crippen LogP contribution in [-0.4, -0.2) is 137 Å². The van der Waals surface area contributed by atoms with Gasteiger partial charge in [-0.05, 0) is 65.6 Å². The number of amides is 2. The van der Waals surface area contributed by atoms with Gasteiger partial charge in [0.05, 0.1) is 5.56 Å². The molecule has 0 radical (unpaired) electrons. The van der Waals surface area contributed by atoms with Crippen LogP contribution < -0.4 is 19.1 Å². The van der Waals surface area contributed by atoms with Gasteiger partial charge in [0.1, 0.15) is 6.33 Å². The fourth-order valence-electron chi connectivity index (χ4n) is 7.50. The van der Waals surface area contributed by atoms with Gasteiger partial charge in [-0.3, -0.25) is 14.5 Å². The second kappa shape index (κ2) is 17.2. The molecule has 1 atom stereocenters. The van der Waals surface area contributed by atoms with Crippen molar-refractivity contribution in [3.05, 3.63) is 35.9 Å². The zero-order chi connectivity index (χ0) is 39.3. The normalized spacial score (nSPS) is 17.8. The maximum absolute atomic E-state index is 15.6. The zero-order valence-corrected chi connectivity index (χ0v) is 32.6. The van der Waals surface area contributed by atoms with Gasteiger partial charge in [0.25, 0.3) is 11.8 Å². The average Bonchev–Trinajstić information content (AvgIpc) is 3.55. The summed E-state index contributed by atoms with van der Waals surface area (Å²) in [6, 6.07) is 1.08. The molecule has 2 fully saturated rings. The first-order valence-corrected chi connectivity index (χ1v) is 18.7. The number of ether oxygens (including phenoxy) is 3. The Morgan fingerprint density at radius 1 is 1.02 bits per heavy atom. The fraction of sp³-hybridized carbons (Fsp3) is 0.605. The second-order valence-corrected chi connectivity index (χ2v) is 15.2. The largest absolute Gasteiger partial charge is 0.430 e. The van der Waals surface area contributed by atoms with Crippen LogP contribution in [0.15, 0.2) is 24.5 Å². The summed E-state index contributed by atoms with van der Waals surface area (Å²) in [4.78, 5) is 65.1. The number of esters is 2. The van der Waals surface area contributed by atoms with Crippen LogP contribution >= 0.6 is 0 Å². The van der Waals surface area contributed by atoms with E-state index in [-0.39, 0.29) is 34.6 Å². The second-order valence-electron chi connectivity index (χ2n) is 15.2. The number of hydrogen-bond donors (Lipinski definition) is 0. The number of halogens is 1. The molecule has 294 valence electrons. The maximum atomic E-state index is 15.6. The maximum Gasteiger partial charge on any atom is 0.336 e. The minimum absolute atomic E-state index is 0.0325. The number of nitrogens with zero attached hydrogens (tertiary/aromatic N) is 8. The highest BCUT2D eigenvalue weighted by molar-refractivity contribution is 6.01. The van der Waals surface area contributed by atoms with E-state index in [1.54, 1.807) is 18.7 Å². The monoisotopic (exact) mass is 752 g/mol. The van der Waals surface area contributed by atoms with Gasteiger partial charge in [-0.15, -0.1) is 10.2 Å². The Morgan fingerprint density at radius 2 is 1.70 bits per heavy atom. The van der Waals surface area contributed by atoms with Crippen LogP contribution in [0.25, 0.3) is 0 Å². The van der Waals surface area contributed by atoms with Crippen molar-refractivity contribution in [3.8, 4) is 23.1 Å². The van der Waals surface area contributed by atoms with Crippen molar-refractivity contribution in [2.75, 3.05) is 71.4 Å². The van der Waals surface area contributed by atoms with E-state index >= 15 is 4.39 Å². The van der Waals surface area contributed by atoms with Gasteiger partial charge >= 0.3 is 11.9 Å². The number of carbonyl (C=O) groups excluding carboxylic acids is 4. The highest BCUT2D eigenvalue weighted by Gasteiger charge is 2.50. The van der Waals surface area contributed by atoms with Gasteiger partial charge in [0.2, 0.25) is 17.4 Å². The molecule has 3 aliphatic rings. The summed E-state index contributed by atoms with van der Waals surface area (Å²) in [7, 11) is 3.92. The van der Waals surface area contributed by atoms with E-state index in [0.717, 1.165) is 63.7 Å². The number of benzene rings is 1. The molecular formula is C38H53FN8O7. The molecule has 2 aromatic rings. The van der Waals surface area contributed by atoms with Crippen molar-refractivity contribution < 1.29 is 37.8 Å². The third-order valence-corrected chi connectivity index (χ3v) is 10.6. The molecule has 0 N–H and O–H groups in total. The van der Waals surface area contributed by atoms with E-state index in [4.69, 9.17) is 14.2 Å². The SMILES string of the molecule is CCN(C(=O)c1cc(F)c2c(c1Oc1nncnc1N1CCC3(C1)CN([C@H](CCCN(C)CCN(C)C(C)=O)C(C)C)C3)OC(=O)/C=C/C(=O)O2)C(C)C. The molecule has 0 bridgehead atoms. The van der Waals surface area contributed by atoms with Gasteiger partial charge in [-0.2, -0.15) is 0 Å². The molecule has 0 unspecified atom stereocenters. The van der Waals surface area contributed by atoms with Crippen molar-refractivity contribution in [1.82, 2.24) is 34.8 Å². The average molecular weight is 753 g/mol. The topological polar surface area (TPSA) is 151 Å².